The van der Waals surface area contributed by atoms with Crippen LogP contribution in [0.2, 0.25) is 0 Å². The van der Waals surface area contributed by atoms with Crippen molar-refractivity contribution in [2.75, 3.05) is 13.2 Å². The van der Waals surface area contributed by atoms with E-state index in [2.05, 4.69) is 19.2 Å². The summed E-state index contributed by atoms with van der Waals surface area (Å²) in [5, 5.41) is 23.3. The molecule has 0 spiro atoms. The van der Waals surface area contributed by atoms with Gasteiger partial charge in [0.15, 0.2) is 0 Å². The molecular weight excluding hydrogens is 803 g/mol. The minimum absolute atomic E-state index is 0.00174. The normalized spacial score (nSPS) is 12.5. The number of hydrogen-bond donors (Lipinski definition) is 3. The monoisotopic (exact) mass is 920 g/mol. The van der Waals surface area contributed by atoms with Gasteiger partial charge in [0.05, 0.1) is 25.4 Å². The highest BCUT2D eigenvalue weighted by Gasteiger charge is 2.20. The lowest BCUT2D eigenvalue weighted by atomic mass is 10.0. The Bertz CT molecular complexity index is 928. The number of rotatable bonds is 56. The Balaban J connectivity index is 3.43. The van der Waals surface area contributed by atoms with E-state index in [-0.39, 0.29) is 18.5 Å². The van der Waals surface area contributed by atoms with Crippen LogP contribution in [0.25, 0.3) is 0 Å². The zero-order valence-electron chi connectivity index (χ0n) is 44.3. The van der Waals surface area contributed by atoms with E-state index in [1.807, 2.05) is 0 Å². The van der Waals surface area contributed by atoms with Gasteiger partial charge in [-0.05, 0) is 25.7 Å². The second kappa shape index (κ2) is 55.5. The molecule has 0 aromatic carbocycles. The number of carbonyl (C=O) groups excluding carboxylic acids is 2. The third-order valence-electron chi connectivity index (χ3n) is 14.2. The van der Waals surface area contributed by atoms with Gasteiger partial charge in [-0.2, -0.15) is 0 Å². The second-order valence-corrected chi connectivity index (χ2v) is 20.7. The fourth-order valence-corrected chi connectivity index (χ4v) is 9.58. The summed E-state index contributed by atoms with van der Waals surface area (Å²) < 4.78 is 5.47. The molecule has 0 heterocycles. The largest absolute Gasteiger partial charge is 0.466 e. The highest BCUT2D eigenvalue weighted by molar-refractivity contribution is 5.76. The van der Waals surface area contributed by atoms with Gasteiger partial charge in [-0.15, -0.1) is 0 Å². The molecule has 0 aromatic rings. The average molecular weight is 921 g/mol. The fraction of sp³-hybridized carbons (Fsp3) is 0.966. The van der Waals surface area contributed by atoms with Crippen molar-refractivity contribution >= 4 is 11.9 Å². The van der Waals surface area contributed by atoms with Crippen LogP contribution in [0.4, 0.5) is 0 Å². The minimum atomic E-state index is -0.672. The number of hydrogen-bond acceptors (Lipinski definition) is 5. The van der Waals surface area contributed by atoms with Gasteiger partial charge in [0.1, 0.15) is 0 Å². The molecule has 6 nitrogen and oxygen atoms in total. The van der Waals surface area contributed by atoms with Gasteiger partial charge in [0.25, 0.3) is 0 Å². The molecule has 0 aromatic heterocycles. The first-order valence-electron chi connectivity index (χ1n) is 29.8. The summed E-state index contributed by atoms with van der Waals surface area (Å²) in [4.78, 5) is 24.6. The Morgan fingerprint density at radius 2 is 0.631 bits per heavy atom. The first-order chi connectivity index (χ1) is 32.0. The molecule has 0 saturated heterocycles. The van der Waals surface area contributed by atoms with Crippen LogP contribution in [0.5, 0.6) is 0 Å². The maximum Gasteiger partial charge on any atom is 0.305 e. The summed E-state index contributed by atoms with van der Waals surface area (Å²) in [6, 6.07) is -0.550. The quantitative estimate of drug-likeness (QED) is 0.0417. The summed E-state index contributed by atoms with van der Waals surface area (Å²) in [5.74, 6) is -0.0450. The molecule has 0 aliphatic carbocycles. The zero-order valence-corrected chi connectivity index (χ0v) is 44.3. The number of carbonyl (C=O) groups is 2. The number of amides is 1. The Labute approximate surface area is 406 Å². The number of esters is 1. The fourth-order valence-electron chi connectivity index (χ4n) is 9.58. The Kier molecular flexibility index (Phi) is 54.5. The number of unbranched alkanes of at least 4 members (excludes halogenated alkanes) is 45. The lowest BCUT2D eigenvalue weighted by Gasteiger charge is -2.22. The molecule has 1 amide bonds. The van der Waals surface area contributed by atoms with E-state index in [0.717, 1.165) is 51.4 Å². The Hall–Kier alpha value is -1.14. The maximum absolute atomic E-state index is 12.5. The van der Waals surface area contributed by atoms with E-state index >= 15 is 0 Å². The molecule has 2 unspecified atom stereocenters. The molecule has 0 rings (SSSR count). The predicted octanol–water partition coefficient (Wildman–Crippen LogP) is 18.3. The van der Waals surface area contributed by atoms with Gasteiger partial charge >= 0.3 is 5.97 Å². The van der Waals surface area contributed by atoms with Gasteiger partial charge < -0.3 is 20.3 Å². The third kappa shape index (κ3) is 52.1. The van der Waals surface area contributed by atoms with Gasteiger partial charge in [-0.3, -0.25) is 9.59 Å². The van der Waals surface area contributed by atoms with Crippen molar-refractivity contribution in [1.82, 2.24) is 5.32 Å². The highest BCUT2D eigenvalue weighted by Crippen LogP contribution is 2.18. The van der Waals surface area contributed by atoms with E-state index in [1.165, 1.54) is 257 Å². The molecule has 0 aliphatic heterocycles. The first-order valence-corrected chi connectivity index (χ1v) is 29.8. The van der Waals surface area contributed by atoms with Crippen LogP contribution >= 0.6 is 0 Å². The Morgan fingerprint density at radius 3 is 0.938 bits per heavy atom. The summed E-state index contributed by atoms with van der Waals surface area (Å²) in [6.07, 6.45) is 63.8. The van der Waals surface area contributed by atoms with Crippen LogP contribution < -0.4 is 5.32 Å². The molecule has 388 valence electrons. The summed E-state index contributed by atoms with van der Waals surface area (Å²) in [5.41, 5.74) is 0. The van der Waals surface area contributed by atoms with Crippen molar-refractivity contribution in [3.05, 3.63) is 0 Å². The molecule has 0 radical (unpaired) electrons. The zero-order chi connectivity index (χ0) is 47.2. The van der Waals surface area contributed by atoms with Crippen molar-refractivity contribution in [2.24, 2.45) is 0 Å². The molecule has 2 atom stereocenters. The standard InChI is InChI=1S/C59H117NO5/c1-3-5-7-9-11-13-15-17-19-20-21-22-23-24-25-27-31-35-39-43-47-51-57(62)56(55-61)60-58(63)52-48-44-40-36-32-28-26-30-34-38-42-46-50-54-65-59(64)53-49-45-41-37-33-29-18-16-14-12-10-8-6-4-2/h56-57,61-62H,3-55H2,1-2H3,(H,60,63). The van der Waals surface area contributed by atoms with Gasteiger partial charge in [-0.1, -0.05) is 303 Å². The summed E-state index contributed by atoms with van der Waals surface area (Å²) in [7, 11) is 0. The topological polar surface area (TPSA) is 95.9 Å². The molecule has 0 bridgehead atoms. The van der Waals surface area contributed by atoms with Crippen molar-refractivity contribution in [3.63, 3.8) is 0 Å². The lowest BCUT2D eigenvalue weighted by Crippen LogP contribution is -2.45. The van der Waals surface area contributed by atoms with Gasteiger partial charge in [0.2, 0.25) is 5.91 Å². The average Bonchev–Trinajstić information content (AvgIpc) is 3.31. The third-order valence-corrected chi connectivity index (χ3v) is 14.2. The van der Waals surface area contributed by atoms with Crippen molar-refractivity contribution in [2.45, 2.75) is 353 Å². The van der Waals surface area contributed by atoms with Crippen LogP contribution in [-0.4, -0.2) is 47.4 Å². The smallest absolute Gasteiger partial charge is 0.305 e. The predicted molar refractivity (Wildman–Crippen MR) is 283 cm³/mol. The number of nitrogens with one attached hydrogen (secondary N) is 1. The SMILES string of the molecule is CCCCCCCCCCCCCCCCCCCCCCCC(O)C(CO)NC(=O)CCCCCCCCCCCCCCCOC(=O)CCCCCCCCCCCCCCCC. The van der Waals surface area contributed by atoms with Crippen LogP contribution in [0.3, 0.4) is 0 Å². The van der Waals surface area contributed by atoms with E-state index in [4.69, 9.17) is 4.74 Å². The maximum atomic E-state index is 12.5. The minimum Gasteiger partial charge on any atom is -0.466 e. The second-order valence-electron chi connectivity index (χ2n) is 20.7. The molecule has 0 aliphatic rings. The molecule has 3 N–H and O–H groups in total. The molecule has 65 heavy (non-hydrogen) atoms. The number of aliphatic hydroxyl groups excluding tert-OH is 2. The van der Waals surface area contributed by atoms with Crippen LogP contribution in [0, 0.1) is 0 Å². The number of ether oxygens (including phenoxy) is 1. The molecular formula is C59H117NO5. The van der Waals surface area contributed by atoms with Crippen molar-refractivity contribution in [1.29, 1.82) is 0 Å². The molecule has 0 saturated carbocycles. The van der Waals surface area contributed by atoms with Crippen LogP contribution in [0.1, 0.15) is 341 Å². The van der Waals surface area contributed by atoms with Crippen molar-refractivity contribution in [3.8, 4) is 0 Å². The number of aliphatic hydroxyl groups is 2. The van der Waals surface area contributed by atoms with E-state index in [9.17, 15) is 19.8 Å². The van der Waals surface area contributed by atoms with E-state index in [0.29, 0.717) is 25.9 Å². The van der Waals surface area contributed by atoms with Crippen LogP contribution in [-0.2, 0) is 14.3 Å². The summed E-state index contributed by atoms with van der Waals surface area (Å²) >= 11 is 0. The first kappa shape index (κ1) is 63.9. The van der Waals surface area contributed by atoms with Gasteiger partial charge in [-0.25, -0.2) is 0 Å². The van der Waals surface area contributed by atoms with E-state index < -0.39 is 12.1 Å². The highest BCUT2D eigenvalue weighted by atomic mass is 16.5. The Morgan fingerprint density at radius 1 is 0.369 bits per heavy atom. The van der Waals surface area contributed by atoms with E-state index in [1.54, 1.807) is 0 Å². The van der Waals surface area contributed by atoms with Crippen molar-refractivity contribution < 1.29 is 24.5 Å². The molecule has 6 heteroatoms. The molecule has 0 fully saturated rings. The van der Waals surface area contributed by atoms with Gasteiger partial charge in [0, 0.05) is 12.8 Å². The summed E-state index contributed by atoms with van der Waals surface area (Å²) in [6.45, 7) is 4.96. The van der Waals surface area contributed by atoms with Crippen LogP contribution in [0.15, 0.2) is 0 Å². The lowest BCUT2D eigenvalue weighted by molar-refractivity contribution is -0.143.